The van der Waals surface area contributed by atoms with Gasteiger partial charge in [0.1, 0.15) is 0 Å². The summed E-state index contributed by atoms with van der Waals surface area (Å²) in [6, 6.07) is 4.65. The molecule has 1 atom stereocenters. The first-order valence-corrected chi connectivity index (χ1v) is 7.77. The Labute approximate surface area is 128 Å². The molecule has 1 aromatic rings. The van der Waals surface area contributed by atoms with Gasteiger partial charge in [0, 0.05) is 37.4 Å². The summed E-state index contributed by atoms with van der Waals surface area (Å²) in [6.45, 7) is 2.52. The number of anilines is 1. The molecule has 1 heterocycles. The van der Waals surface area contributed by atoms with Crippen molar-refractivity contribution in [2.75, 3.05) is 24.5 Å². The lowest BCUT2D eigenvalue weighted by molar-refractivity contribution is 0.508. The number of hydrogen-bond acceptors (Lipinski definition) is 2. The Hall–Kier alpha value is -1.43. The van der Waals surface area contributed by atoms with Gasteiger partial charge < -0.3 is 15.5 Å². The summed E-state index contributed by atoms with van der Waals surface area (Å²) in [5.74, 6) is -1.12. The predicted octanol–water partition coefficient (Wildman–Crippen LogP) is 2.42. The van der Waals surface area contributed by atoms with E-state index in [1.165, 1.54) is 25.0 Å². The summed E-state index contributed by atoms with van der Waals surface area (Å²) in [6.07, 6.45) is 3.43. The van der Waals surface area contributed by atoms with Gasteiger partial charge in [-0.3, -0.25) is 0 Å². The zero-order chi connectivity index (χ0) is 14.8. The van der Waals surface area contributed by atoms with Crippen LogP contribution in [0, 0.1) is 17.6 Å². The molecule has 1 aromatic carbocycles. The third-order valence-corrected chi connectivity index (χ3v) is 4.28. The van der Waals surface area contributed by atoms with E-state index < -0.39 is 11.6 Å². The lowest BCUT2D eigenvalue weighted by Crippen LogP contribution is -2.39. The molecule has 1 saturated heterocycles. The minimum Gasteiger partial charge on any atom is -0.371 e. The van der Waals surface area contributed by atoms with E-state index in [1.807, 2.05) is 0 Å². The highest BCUT2D eigenvalue weighted by atomic mass is 32.1. The molecular formula is C15H19F2N3S. The molecule has 2 N–H and O–H groups in total. The van der Waals surface area contributed by atoms with Crippen LogP contribution in [0.25, 0.3) is 0 Å². The molecule has 1 saturated carbocycles. The van der Waals surface area contributed by atoms with Crippen LogP contribution in [0.1, 0.15) is 19.3 Å². The monoisotopic (exact) mass is 311 g/mol. The smallest absolute Gasteiger partial charge is 0.166 e. The molecule has 2 aliphatic rings. The largest absolute Gasteiger partial charge is 0.371 e. The molecule has 0 aromatic heterocycles. The lowest BCUT2D eigenvalue weighted by Gasteiger charge is -2.19. The van der Waals surface area contributed by atoms with Crippen LogP contribution < -0.4 is 15.5 Å². The molecule has 1 aliphatic heterocycles. The average molecular weight is 311 g/mol. The Bertz CT molecular complexity index is 534. The molecule has 21 heavy (non-hydrogen) atoms. The number of benzene rings is 1. The zero-order valence-corrected chi connectivity index (χ0v) is 12.6. The van der Waals surface area contributed by atoms with Crippen molar-refractivity contribution in [1.29, 1.82) is 0 Å². The summed E-state index contributed by atoms with van der Waals surface area (Å²) in [5, 5.41) is 7.22. The zero-order valence-electron chi connectivity index (χ0n) is 11.7. The molecule has 2 fully saturated rings. The van der Waals surface area contributed by atoms with Gasteiger partial charge in [0.05, 0.1) is 0 Å². The first-order valence-electron chi connectivity index (χ1n) is 7.36. The molecule has 0 unspecified atom stereocenters. The fraction of sp³-hybridized carbons (Fsp3) is 0.533. The molecule has 0 bridgehead atoms. The first kappa shape index (κ1) is 14.5. The van der Waals surface area contributed by atoms with Gasteiger partial charge >= 0.3 is 0 Å². The minimum atomic E-state index is -0.798. The van der Waals surface area contributed by atoms with E-state index in [4.69, 9.17) is 12.2 Å². The standard InChI is InChI=1S/C15H19F2N3S/c16-13-4-3-12(7-14(13)17)20-6-5-10(9-20)8-18-15(21)19-11-1-2-11/h3-4,7,10-11H,1-2,5-6,8-9H2,(H2,18,19,21)/t10-/m1/s1. The summed E-state index contributed by atoms with van der Waals surface area (Å²) in [4.78, 5) is 2.09. The van der Waals surface area contributed by atoms with Crippen LogP contribution in [0.3, 0.4) is 0 Å². The van der Waals surface area contributed by atoms with Gasteiger partial charge in [-0.2, -0.15) is 0 Å². The van der Waals surface area contributed by atoms with E-state index in [1.54, 1.807) is 6.07 Å². The van der Waals surface area contributed by atoms with Crippen molar-refractivity contribution < 1.29 is 8.78 Å². The Kier molecular flexibility index (Phi) is 4.24. The summed E-state index contributed by atoms with van der Waals surface area (Å²) < 4.78 is 26.2. The summed E-state index contributed by atoms with van der Waals surface area (Å²) >= 11 is 5.23. The average Bonchev–Trinajstić information content (AvgIpc) is 3.14. The Balaban J connectivity index is 1.48. The Morgan fingerprint density at radius 1 is 1.24 bits per heavy atom. The van der Waals surface area contributed by atoms with Gasteiger partial charge in [-0.05, 0) is 49.5 Å². The van der Waals surface area contributed by atoms with Crippen molar-refractivity contribution in [3.05, 3.63) is 29.8 Å². The number of rotatable bonds is 4. The highest BCUT2D eigenvalue weighted by Gasteiger charge is 2.25. The van der Waals surface area contributed by atoms with Gasteiger partial charge in [0.15, 0.2) is 16.7 Å². The van der Waals surface area contributed by atoms with Gasteiger partial charge in [0.25, 0.3) is 0 Å². The van der Waals surface area contributed by atoms with Gasteiger partial charge in [-0.15, -0.1) is 0 Å². The number of nitrogens with one attached hydrogen (secondary N) is 2. The first-order chi connectivity index (χ1) is 10.1. The maximum Gasteiger partial charge on any atom is 0.166 e. The van der Waals surface area contributed by atoms with Crippen LogP contribution >= 0.6 is 12.2 Å². The van der Waals surface area contributed by atoms with Crippen LogP contribution in [-0.4, -0.2) is 30.8 Å². The van der Waals surface area contributed by atoms with Gasteiger partial charge in [-0.1, -0.05) is 0 Å². The molecule has 1 aliphatic carbocycles. The van der Waals surface area contributed by atoms with Gasteiger partial charge in [0.2, 0.25) is 0 Å². The van der Waals surface area contributed by atoms with Crippen LogP contribution in [0.15, 0.2) is 18.2 Å². The van der Waals surface area contributed by atoms with Crippen LogP contribution in [0.5, 0.6) is 0 Å². The van der Waals surface area contributed by atoms with Crippen molar-refractivity contribution >= 4 is 23.0 Å². The fourth-order valence-electron chi connectivity index (χ4n) is 2.62. The second kappa shape index (κ2) is 6.13. The topological polar surface area (TPSA) is 27.3 Å². The third kappa shape index (κ3) is 3.81. The quantitative estimate of drug-likeness (QED) is 0.835. The van der Waals surface area contributed by atoms with E-state index in [0.717, 1.165) is 36.9 Å². The van der Waals surface area contributed by atoms with E-state index in [9.17, 15) is 8.78 Å². The molecule has 6 heteroatoms. The van der Waals surface area contributed by atoms with Crippen molar-refractivity contribution in [1.82, 2.24) is 10.6 Å². The predicted molar refractivity (Wildman–Crippen MR) is 83.4 cm³/mol. The lowest BCUT2D eigenvalue weighted by atomic mass is 10.1. The van der Waals surface area contributed by atoms with Crippen molar-refractivity contribution in [3.8, 4) is 0 Å². The Morgan fingerprint density at radius 3 is 2.76 bits per heavy atom. The van der Waals surface area contributed by atoms with E-state index >= 15 is 0 Å². The molecular weight excluding hydrogens is 292 g/mol. The number of thiocarbonyl (C=S) groups is 1. The maximum atomic E-state index is 13.3. The van der Waals surface area contributed by atoms with Gasteiger partial charge in [-0.25, -0.2) is 8.78 Å². The number of hydrogen-bond donors (Lipinski definition) is 2. The number of halogens is 2. The summed E-state index contributed by atoms with van der Waals surface area (Å²) in [7, 11) is 0. The third-order valence-electron chi connectivity index (χ3n) is 4.02. The molecule has 3 rings (SSSR count). The molecule has 114 valence electrons. The Morgan fingerprint density at radius 2 is 2.05 bits per heavy atom. The van der Waals surface area contributed by atoms with Crippen LogP contribution in [0.2, 0.25) is 0 Å². The van der Waals surface area contributed by atoms with E-state index in [2.05, 4.69) is 15.5 Å². The SMILES string of the molecule is Fc1ccc(N2CC[C@H](CNC(=S)NC3CC3)C2)cc1F. The minimum absolute atomic E-state index is 0.470. The van der Waals surface area contributed by atoms with Crippen molar-refractivity contribution in [3.63, 3.8) is 0 Å². The molecule has 0 radical (unpaired) electrons. The normalized spacial score (nSPS) is 21.4. The molecule has 0 spiro atoms. The second-order valence-electron chi connectivity index (χ2n) is 5.83. The highest BCUT2D eigenvalue weighted by Crippen LogP contribution is 2.25. The molecule has 0 amide bonds. The van der Waals surface area contributed by atoms with Crippen molar-refractivity contribution in [2.45, 2.75) is 25.3 Å². The summed E-state index contributed by atoms with van der Waals surface area (Å²) in [5.41, 5.74) is 0.745. The highest BCUT2D eigenvalue weighted by molar-refractivity contribution is 7.80. The van der Waals surface area contributed by atoms with Crippen LogP contribution in [-0.2, 0) is 0 Å². The maximum absolute atomic E-state index is 13.3. The van der Waals surface area contributed by atoms with Crippen LogP contribution in [0.4, 0.5) is 14.5 Å². The van der Waals surface area contributed by atoms with E-state index in [-0.39, 0.29) is 0 Å². The molecule has 3 nitrogen and oxygen atoms in total. The van der Waals surface area contributed by atoms with E-state index in [0.29, 0.717) is 12.0 Å². The second-order valence-corrected chi connectivity index (χ2v) is 6.24. The fourth-order valence-corrected chi connectivity index (χ4v) is 2.87. The van der Waals surface area contributed by atoms with Crippen molar-refractivity contribution in [2.24, 2.45) is 5.92 Å². The number of nitrogens with zero attached hydrogens (tertiary/aromatic N) is 1.